The fourth-order valence-corrected chi connectivity index (χ4v) is 2.55. The van der Waals surface area contributed by atoms with Crippen molar-refractivity contribution in [3.63, 3.8) is 0 Å². The molecule has 1 amide bonds. The fourth-order valence-electron chi connectivity index (χ4n) is 2.01. The van der Waals surface area contributed by atoms with Crippen LogP contribution < -0.4 is 10.1 Å². The van der Waals surface area contributed by atoms with E-state index in [4.69, 9.17) is 4.74 Å². The Morgan fingerprint density at radius 1 is 1.18 bits per heavy atom. The predicted octanol–water partition coefficient (Wildman–Crippen LogP) is 3.25. The van der Waals surface area contributed by atoms with Gasteiger partial charge in [0.05, 0.1) is 6.20 Å². The molecule has 0 radical (unpaired) electrons. The number of amides is 1. The molecule has 2 aromatic carbocycles. The van der Waals surface area contributed by atoms with E-state index < -0.39 is 0 Å². The third-order valence-electron chi connectivity index (χ3n) is 2.98. The summed E-state index contributed by atoms with van der Waals surface area (Å²) in [6.07, 6.45) is 1.66. The maximum absolute atomic E-state index is 11.9. The van der Waals surface area contributed by atoms with E-state index in [1.165, 1.54) is 0 Å². The molecule has 1 heterocycles. The second-order valence-corrected chi connectivity index (χ2v) is 5.83. The molecule has 3 rings (SSSR count). The molecule has 0 aliphatic rings. The van der Waals surface area contributed by atoms with Gasteiger partial charge in [-0.25, -0.2) is 0 Å². The first kappa shape index (κ1) is 14.7. The number of carbonyl (C=O) groups excluding carboxylic acids is 1. The summed E-state index contributed by atoms with van der Waals surface area (Å²) < 4.78 is 6.55. The number of fused-ring (bicyclic) bond motifs is 1. The second-order valence-electron chi connectivity index (χ2n) is 4.58. The van der Waals surface area contributed by atoms with Crippen molar-refractivity contribution < 1.29 is 9.53 Å². The van der Waals surface area contributed by atoms with Crippen LogP contribution in [0, 0.1) is 3.57 Å². The largest absolute Gasteiger partial charge is 0.466 e. The first-order chi connectivity index (χ1) is 10.7. The fraction of sp³-hybridized carbons (Fsp3) is 0.0625. The average Bonchev–Trinajstić information content (AvgIpc) is 2.53. The van der Waals surface area contributed by atoms with E-state index in [-0.39, 0.29) is 12.5 Å². The summed E-state index contributed by atoms with van der Waals surface area (Å²) >= 11 is 2.19. The zero-order chi connectivity index (χ0) is 15.4. The molecule has 0 unspecified atom stereocenters. The predicted molar refractivity (Wildman–Crippen MR) is 92.8 cm³/mol. The molecular weight excluding hydrogens is 393 g/mol. The Morgan fingerprint density at radius 2 is 2.05 bits per heavy atom. The van der Waals surface area contributed by atoms with Gasteiger partial charge in [-0.1, -0.05) is 24.3 Å². The highest BCUT2D eigenvalue weighted by atomic mass is 127. The molecule has 5 nitrogen and oxygen atoms in total. The number of ether oxygens (including phenoxy) is 1. The first-order valence-corrected chi connectivity index (χ1v) is 7.69. The normalized spacial score (nSPS) is 10.4. The summed E-state index contributed by atoms with van der Waals surface area (Å²) in [5, 5.41) is 12.4. The third kappa shape index (κ3) is 3.51. The van der Waals surface area contributed by atoms with Crippen molar-refractivity contribution in [2.75, 3.05) is 11.9 Å². The van der Waals surface area contributed by atoms with Crippen molar-refractivity contribution >= 4 is 45.0 Å². The highest BCUT2D eigenvalue weighted by Crippen LogP contribution is 2.21. The summed E-state index contributed by atoms with van der Waals surface area (Å²) in [5.41, 5.74) is 0.740. The van der Waals surface area contributed by atoms with Crippen LogP contribution in [-0.4, -0.2) is 22.7 Å². The molecule has 0 saturated carbocycles. The standard InChI is InChI=1S/C16H12IN3O2/c17-12-5-3-6-13(8-12)19-15(21)10-22-16-14-7-2-1-4-11(14)9-18-20-16/h1-9H,10H2,(H,19,21). The van der Waals surface area contributed by atoms with Crippen molar-refractivity contribution in [1.29, 1.82) is 0 Å². The monoisotopic (exact) mass is 405 g/mol. The Labute approximate surface area is 140 Å². The number of halogens is 1. The summed E-state index contributed by atoms with van der Waals surface area (Å²) in [7, 11) is 0. The van der Waals surface area contributed by atoms with E-state index in [1.54, 1.807) is 6.20 Å². The minimum Gasteiger partial charge on any atom is -0.466 e. The number of nitrogens with one attached hydrogen (secondary N) is 1. The summed E-state index contributed by atoms with van der Waals surface area (Å²) in [6.45, 7) is -0.117. The van der Waals surface area contributed by atoms with Crippen molar-refractivity contribution in [2.24, 2.45) is 0 Å². The highest BCUT2D eigenvalue weighted by Gasteiger charge is 2.08. The van der Waals surface area contributed by atoms with E-state index in [0.29, 0.717) is 5.88 Å². The van der Waals surface area contributed by atoms with Gasteiger partial charge in [0, 0.05) is 20.0 Å². The van der Waals surface area contributed by atoms with Gasteiger partial charge in [0.15, 0.2) is 6.61 Å². The van der Waals surface area contributed by atoms with Gasteiger partial charge in [0.25, 0.3) is 5.91 Å². The average molecular weight is 405 g/mol. The number of benzene rings is 2. The van der Waals surface area contributed by atoms with Gasteiger partial charge in [-0.15, -0.1) is 5.10 Å². The van der Waals surface area contributed by atoms with E-state index in [0.717, 1.165) is 20.0 Å². The molecule has 0 saturated heterocycles. The third-order valence-corrected chi connectivity index (χ3v) is 3.66. The lowest BCUT2D eigenvalue weighted by molar-refractivity contribution is -0.118. The van der Waals surface area contributed by atoms with E-state index in [1.807, 2.05) is 48.5 Å². The Bertz CT molecular complexity index is 818. The first-order valence-electron chi connectivity index (χ1n) is 6.61. The molecule has 0 aliphatic heterocycles. The zero-order valence-electron chi connectivity index (χ0n) is 11.5. The number of anilines is 1. The highest BCUT2D eigenvalue weighted by molar-refractivity contribution is 14.1. The molecule has 0 fully saturated rings. The molecule has 22 heavy (non-hydrogen) atoms. The van der Waals surface area contributed by atoms with E-state index in [2.05, 4.69) is 38.1 Å². The Hall–Kier alpha value is -2.22. The number of nitrogens with zero attached hydrogens (tertiary/aromatic N) is 2. The molecular formula is C16H12IN3O2. The van der Waals surface area contributed by atoms with Crippen molar-refractivity contribution in [1.82, 2.24) is 10.2 Å². The molecule has 0 spiro atoms. The Balaban J connectivity index is 1.68. The van der Waals surface area contributed by atoms with Crippen molar-refractivity contribution in [3.05, 3.63) is 58.3 Å². The van der Waals surface area contributed by atoms with Gasteiger partial charge in [0.2, 0.25) is 5.88 Å². The summed E-state index contributed by atoms with van der Waals surface area (Å²) in [4.78, 5) is 11.9. The van der Waals surface area contributed by atoms with Crippen LogP contribution in [0.15, 0.2) is 54.7 Å². The van der Waals surface area contributed by atoms with Crippen LogP contribution in [0.1, 0.15) is 0 Å². The van der Waals surface area contributed by atoms with Crippen LogP contribution in [0.25, 0.3) is 10.8 Å². The molecule has 3 aromatic rings. The maximum Gasteiger partial charge on any atom is 0.262 e. The number of hydrogen-bond donors (Lipinski definition) is 1. The molecule has 0 atom stereocenters. The number of aromatic nitrogens is 2. The van der Waals surface area contributed by atoms with E-state index >= 15 is 0 Å². The van der Waals surface area contributed by atoms with Crippen molar-refractivity contribution in [3.8, 4) is 5.88 Å². The minimum absolute atomic E-state index is 0.117. The van der Waals surface area contributed by atoms with Crippen LogP contribution in [-0.2, 0) is 4.79 Å². The smallest absolute Gasteiger partial charge is 0.262 e. The van der Waals surface area contributed by atoms with E-state index in [9.17, 15) is 4.79 Å². The summed E-state index contributed by atoms with van der Waals surface area (Å²) in [5.74, 6) is 0.118. The zero-order valence-corrected chi connectivity index (χ0v) is 13.6. The van der Waals surface area contributed by atoms with Gasteiger partial charge in [0.1, 0.15) is 0 Å². The second kappa shape index (κ2) is 6.69. The number of rotatable bonds is 4. The van der Waals surface area contributed by atoms with Gasteiger partial charge < -0.3 is 10.1 Å². The van der Waals surface area contributed by atoms with Crippen LogP contribution in [0.2, 0.25) is 0 Å². The quantitative estimate of drug-likeness (QED) is 0.677. The topological polar surface area (TPSA) is 64.1 Å². The maximum atomic E-state index is 11.9. The van der Waals surface area contributed by atoms with Gasteiger partial charge in [-0.2, -0.15) is 5.10 Å². The lowest BCUT2D eigenvalue weighted by Gasteiger charge is -2.08. The van der Waals surface area contributed by atoms with Crippen LogP contribution in [0.3, 0.4) is 0 Å². The van der Waals surface area contributed by atoms with Crippen LogP contribution in [0.4, 0.5) is 5.69 Å². The van der Waals surface area contributed by atoms with Gasteiger partial charge >= 0.3 is 0 Å². The SMILES string of the molecule is O=C(COc1nncc2ccccc12)Nc1cccc(I)c1. The van der Waals surface area contributed by atoms with Crippen LogP contribution >= 0.6 is 22.6 Å². The molecule has 0 aliphatic carbocycles. The Morgan fingerprint density at radius 3 is 2.91 bits per heavy atom. The summed E-state index contributed by atoms with van der Waals surface area (Å²) in [6, 6.07) is 15.2. The molecule has 0 bridgehead atoms. The van der Waals surface area contributed by atoms with Gasteiger partial charge in [-0.05, 0) is 46.9 Å². The lowest BCUT2D eigenvalue weighted by atomic mass is 10.2. The molecule has 1 N–H and O–H groups in total. The number of hydrogen-bond acceptors (Lipinski definition) is 4. The molecule has 1 aromatic heterocycles. The van der Waals surface area contributed by atoms with Crippen LogP contribution in [0.5, 0.6) is 5.88 Å². The Kier molecular flexibility index (Phi) is 4.47. The number of carbonyl (C=O) groups is 1. The minimum atomic E-state index is -0.239. The van der Waals surface area contributed by atoms with Crippen molar-refractivity contribution in [2.45, 2.75) is 0 Å². The molecule has 6 heteroatoms. The lowest BCUT2D eigenvalue weighted by Crippen LogP contribution is -2.20. The molecule has 110 valence electrons. The van der Waals surface area contributed by atoms with Gasteiger partial charge in [-0.3, -0.25) is 4.79 Å².